The molecule has 1 aromatic heterocycles. The molecule has 1 atom stereocenters. The fourth-order valence-corrected chi connectivity index (χ4v) is 6.14. The standard InChI is InChI=1S/C20H27N3O5S/c1-7-28-14-8-9-16-15(10-14)13(2)11-20(3,4)23(16)29(26,27)17-12-21(5)19(25)22(6)18(17)24/h8-10,12-13H,7,11H2,1-6H3. The predicted octanol–water partition coefficient (Wildman–Crippen LogP) is 1.96. The molecule has 29 heavy (non-hydrogen) atoms. The number of nitrogens with zero attached hydrogens (tertiary/aromatic N) is 3. The zero-order valence-electron chi connectivity index (χ0n) is 17.6. The molecule has 1 aliphatic heterocycles. The van der Waals surface area contributed by atoms with Crippen LogP contribution in [0.1, 0.15) is 45.6 Å². The maximum Gasteiger partial charge on any atom is 0.330 e. The Kier molecular flexibility index (Phi) is 5.15. The van der Waals surface area contributed by atoms with Gasteiger partial charge in [0, 0.05) is 20.3 Å². The van der Waals surface area contributed by atoms with Crippen molar-refractivity contribution in [3.05, 3.63) is 50.8 Å². The second-order valence-electron chi connectivity index (χ2n) is 8.09. The van der Waals surface area contributed by atoms with E-state index < -0.39 is 31.7 Å². The van der Waals surface area contributed by atoms with Crippen LogP contribution in [0.2, 0.25) is 0 Å². The molecule has 0 saturated heterocycles. The summed E-state index contributed by atoms with van der Waals surface area (Å²) in [6, 6.07) is 5.32. The van der Waals surface area contributed by atoms with E-state index in [1.807, 2.05) is 33.8 Å². The van der Waals surface area contributed by atoms with Crippen LogP contribution in [0.3, 0.4) is 0 Å². The fourth-order valence-electron chi connectivity index (χ4n) is 4.14. The molecule has 0 N–H and O–H groups in total. The van der Waals surface area contributed by atoms with E-state index in [-0.39, 0.29) is 5.92 Å². The van der Waals surface area contributed by atoms with Gasteiger partial charge in [-0.05, 0) is 56.9 Å². The maximum atomic E-state index is 13.7. The first-order chi connectivity index (χ1) is 13.4. The number of anilines is 1. The molecule has 0 aliphatic carbocycles. The summed E-state index contributed by atoms with van der Waals surface area (Å²) in [6.07, 6.45) is 1.67. The summed E-state index contributed by atoms with van der Waals surface area (Å²) < 4.78 is 36.2. The van der Waals surface area contributed by atoms with E-state index in [0.717, 1.165) is 20.9 Å². The zero-order chi connectivity index (χ0) is 21.7. The number of sulfonamides is 1. The van der Waals surface area contributed by atoms with Gasteiger partial charge < -0.3 is 9.30 Å². The predicted molar refractivity (Wildman–Crippen MR) is 111 cm³/mol. The molecular formula is C20H27N3O5S. The number of hydrogen-bond acceptors (Lipinski definition) is 5. The minimum absolute atomic E-state index is 0.106. The van der Waals surface area contributed by atoms with Gasteiger partial charge in [0.05, 0.1) is 17.8 Å². The summed E-state index contributed by atoms with van der Waals surface area (Å²) in [5.41, 5.74) is -0.816. The summed E-state index contributed by atoms with van der Waals surface area (Å²) in [7, 11) is -1.53. The van der Waals surface area contributed by atoms with Crippen LogP contribution in [0.25, 0.3) is 0 Å². The number of rotatable bonds is 4. The highest BCUT2D eigenvalue weighted by molar-refractivity contribution is 7.92. The molecule has 0 amide bonds. The molecule has 2 aromatic rings. The summed E-state index contributed by atoms with van der Waals surface area (Å²) in [5, 5.41) is 0. The SMILES string of the molecule is CCOc1ccc2c(c1)C(C)CC(C)(C)N2S(=O)(=O)c1cn(C)c(=O)n(C)c1=O. The molecule has 8 nitrogen and oxygen atoms in total. The van der Waals surface area contributed by atoms with E-state index in [1.54, 1.807) is 12.1 Å². The number of aromatic nitrogens is 2. The first-order valence-electron chi connectivity index (χ1n) is 9.50. The summed E-state index contributed by atoms with van der Waals surface area (Å²) >= 11 is 0. The number of fused-ring (bicyclic) bond motifs is 1. The summed E-state index contributed by atoms with van der Waals surface area (Å²) in [5.74, 6) is 0.781. The minimum Gasteiger partial charge on any atom is -0.494 e. The molecule has 1 unspecified atom stereocenters. The molecule has 0 spiro atoms. The number of ether oxygens (including phenoxy) is 1. The molecule has 1 aromatic carbocycles. The average Bonchev–Trinajstić information content (AvgIpc) is 2.62. The van der Waals surface area contributed by atoms with Crippen molar-refractivity contribution < 1.29 is 13.2 Å². The van der Waals surface area contributed by atoms with Gasteiger partial charge in [-0.1, -0.05) is 6.92 Å². The second-order valence-corrected chi connectivity index (χ2v) is 9.85. The van der Waals surface area contributed by atoms with Gasteiger partial charge in [0.25, 0.3) is 15.6 Å². The summed E-state index contributed by atoms with van der Waals surface area (Å²) in [4.78, 5) is 24.3. The first-order valence-corrected chi connectivity index (χ1v) is 10.9. The van der Waals surface area contributed by atoms with Crippen molar-refractivity contribution in [2.75, 3.05) is 10.9 Å². The molecule has 158 valence electrons. The Balaban J connectivity index is 2.28. The van der Waals surface area contributed by atoms with Crippen LogP contribution in [-0.2, 0) is 24.1 Å². The van der Waals surface area contributed by atoms with Gasteiger partial charge in [-0.2, -0.15) is 0 Å². The Bertz CT molecular complexity index is 1180. The maximum absolute atomic E-state index is 13.7. The lowest BCUT2D eigenvalue weighted by molar-refractivity contribution is 0.338. The molecule has 0 radical (unpaired) electrons. The van der Waals surface area contributed by atoms with Gasteiger partial charge in [-0.25, -0.2) is 13.2 Å². The van der Waals surface area contributed by atoms with E-state index in [0.29, 0.717) is 24.5 Å². The van der Waals surface area contributed by atoms with Crippen LogP contribution in [0.15, 0.2) is 38.9 Å². The third kappa shape index (κ3) is 3.37. The molecule has 1 aliphatic rings. The van der Waals surface area contributed by atoms with Crippen molar-refractivity contribution in [2.45, 2.75) is 50.5 Å². The van der Waals surface area contributed by atoms with Crippen LogP contribution >= 0.6 is 0 Å². The van der Waals surface area contributed by atoms with Crippen molar-refractivity contribution in [3.63, 3.8) is 0 Å². The topological polar surface area (TPSA) is 90.6 Å². The van der Waals surface area contributed by atoms with Crippen molar-refractivity contribution in [1.82, 2.24) is 9.13 Å². The van der Waals surface area contributed by atoms with Crippen LogP contribution in [-0.4, -0.2) is 29.7 Å². The second kappa shape index (κ2) is 7.05. The van der Waals surface area contributed by atoms with E-state index in [9.17, 15) is 18.0 Å². The Morgan fingerprint density at radius 1 is 1.21 bits per heavy atom. The molecule has 0 saturated carbocycles. The van der Waals surface area contributed by atoms with E-state index in [1.165, 1.54) is 18.4 Å². The highest BCUT2D eigenvalue weighted by Gasteiger charge is 2.45. The van der Waals surface area contributed by atoms with Crippen molar-refractivity contribution in [2.24, 2.45) is 14.1 Å². The lowest BCUT2D eigenvalue weighted by Gasteiger charge is -2.46. The van der Waals surface area contributed by atoms with Crippen LogP contribution in [0, 0.1) is 0 Å². The van der Waals surface area contributed by atoms with Crippen LogP contribution in [0.4, 0.5) is 5.69 Å². The highest BCUT2D eigenvalue weighted by atomic mass is 32.2. The van der Waals surface area contributed by atoms with Gasteiger partial charge in [-0.15, -0.1) is 0 Å². The van der Waals surface area contributed by atoms with E-state index in [4.69, 9.17) is 4.74 Å². The van der Waals surface area contributed by atoms with Gasteiger partial charge in [0.1, 0.15) is 5.75 Å². The highest BCUT2D eigenvalue weighted by Crippen LogP contribution is 2.46. The Hall–Kier alpha value is -2.55. The Morgan fingerprint density at radius 2 is 1.86 bits per heavy atom. The third-order valence-electron chi connectivity index (χ3n) is 5.35. The average molecular weight is 422 g/mol. The number of benzene rings is 1. The zero-order valence-corrected chi connectivity index (χ0v) is 18.4. The smallest absolute Gasteiger partial charge is 0.330 e. The van der Waals surface area contributed by atoms with Gasteiger partial charge in [0.15, 0.2) is 4.90 Å². The van der Waals surface area contributed by atoms with Crippen LogP contribution < -0.4 is 20.3 Å². The molecule has 0 fully saturated rings. The largest absolute Gasteiger partial charge is 0.494 e. The van der Waals surface area contributed by atoms with Crippen molar-refractivity contribution in [1.29, 1.82) is 0 Å². The third-order valence-corrected chi connectivity index (χ3v) is 7.36. The summed E-state index contributed by atoms with van der Waals surface area (Å²) in [6.45, 7) is 8.12. The van der Waals surface area contributed by atoms with Crippen molar-refractivity contribution >= 4 is 15.7 Å². The van der Waals surface area contributed by atoms with Gasteiger partial charge in [-0.3, -0.25) is 13.7 Å². The van der Waals surface area contributed by atoms with E-state index in [2.05, 4.69) is 0 Å². The van der Waals surface area contributed by atoms with Crippen LogP contribution in [0.5, 0.6) is 5.75 Å². The monoisotopic (exact) mass is 421 g/mol. The lowest BCUT2D eigenvalue weighted by atomic mass is 9.82. The number of aryl methyl sites for hydroxylation is 1. The Morgan fingerprint density at radius 3 is 2.48 bits per heavy atom. The minimum atomic E-state index is -4.22. The van der Waals surface area contributed by atoms with Gasteiger partial charge in [0.2, 0.25) is 0 Å². The first kappa shape index (κ1) is 21.2. The molecule has 0 bridgehead atoms. The van der Waals surface area contributed by atoms with Crippen molar-refractivity contribution in [3.8, 4) is 5.75 Å². The molecule has 2 heterocycles. The Labute approximate surface area is 170 Å². The molecular weight excluding hydrogens is 394 g/mol. The fraction of sp³-hybridized carbons (Fsp3) is 0.500. The molecule has 9 heteroatoms. The quantitative estimate of drug-likeness (QED) is 0.753. The van der Waals surface area contributed by atoms with Gasteiger partial charge >= 0.3 is 5.69 Å². The number of hydrogen-bond donors (Lipinski definition) is 0. The van der Waals surface area contributed by atoms with E-state index >= 15 is 0 Å². The molecule has 3 rings (SSSR count). The lowest BCUT2D eigenvalue weighted by Crippen LogP contribution is -2.53. The normalized spacial score (nSPS) is 18.4.